The first kappa shape index (κ1) is 15.7. The predicted molar refractivity (Wildman–Crippen MR) is 65.5 cm³/mol. The smallest absolute Gasteiger partial charge is 0.311 e. The Hall–Kier alpha value is -1.32. The summed E-state index contributed by atoms with van der Waals surface area (Å²) in [5.41, 5.74) is 0. The van der Waals surface area contributed by atoms with Crippen LogP contribution in [-0.4, -0.2) is 17.0 Å². The van der Waals surface area contributed by atoms with Gasteiger partial charge in [-0.1, -0.05) is 26.2 Å². The summed E-state index contributed by atoms with van der Waals surface area (Å²) in [6, 6.07) is 0. The molecule has 0 aromatic rings. The second kappa shape index (κ2) is 9.87. The maximum Gasteiger partial charge on any atom is 0.311 e. The third-order valence-corrected chi connectivity index (χ3v) is 2.31. The number of rotatable bonds is 9. The molecule has 0 aliphatic carbocycles. The highest BCUT2D eigenvalue weighted by Gasteiger charge is 2.06. The standard InChI is InChI=1S/C13H22O4/c1-3-4-5-6-7-8-11(2)17-13(16)10-9-12(14)15/h8H,3-7,9-10H2,1-2H3,(H,14,15). The Morgan fingerprint density at radius 1 is 1.18 bits per heavy atom. The third-order valence-electron chi connectivity index (χ3n) is 2.31. The monoisotopic (exact) mass is 242 g/mol. The molecule has 0 radical (unpaired) electrons. The highest BCUT2D eigenvalue weighted by Crippen LogP contribution is 2.07. The van der Waals surface area contributed by atoms with E-state index in [1.807, 2.05) is 6.08 Å². The molecule has 0 aromatic heterocycles. The molecule has 0 fully saturated rings. The number of esters is 1. The lowest BCUT2D eigenvalue weighted by molar-refractivity contribution is -0.144. The minimum Gasteiger partial charge on any atom is -0.481 e. The third kappa shape index (κ3) is 11.0. The summed E-state index contributed by atoms with van der Waals surface area (Å²) in [4.78, 5) is 21.4. The first-order valence-corrected chi connectivity index (χ1v) is 6.15. The van der Waals surface area contributed by atoms with Crippen LogP contribution in [0.15, 0.2) is 11.8 Å². The molecule has 4 nitrogen and oxygen atoms in total. The van der Waals surface area contributed by atoms with Crippen LogP contribution >= 0.6 is 0 Å². The summed E-state index contributed by atoms with van der Waals surface area (Å²) in [7, 11) is 0. The molecule has 4 heteroatoms. The van der Waals surface area contributed by atoms with Gasteiger partial charge in [-0.3, -0.25) is 9.59 Å². The maximum absolute atomic E-state index is 11.2. The number of carbonyl (C=O) groups is 2. The van der Waals surface area contributed by atoms with E-state index in [0.29, 0.717) is 5.76 Å². The van der Waals surface area contributed by atoms with E-state index in [0.717, 1.165) is 12.8 Å². The predicted octanol–water partition coefficient (Wildman–Crippen LogP) is 3.27. The highest BCUT2D eigenvalue weighted by molar-refractivity contribution is 5.77. The van der Waals surface area contributed by atoms with Gasteiger partial charge < -0.3 is 9.84 Å². The number of allylic oxidation sites excluding steroid dienone is 2. The lowest BCUT2D eigenvalue weighted by atomic mass is 10.1. The summed E-state index contributed by atoms with van der Waals surface area (Å²) in [6.45, 7) is 3.88. The zero-order chi connectivity index (χ0) is 13.1. The highest BCUT2D eigenvalue weighted by atomic mass is 16.5. The molecule has 17 heavy (non-hydrogen) atoms. The van der Waals surface area contributed by atoms with Crippen LogP contribution in [0, 0.1) is 0 Å². The van der Waals surface area contributed by atoms with Crippen molar-refractivity contribution in [3.8, 4) is 0 Å². The Balaban J connectivity index is 3.67. The average Bonchev–Trinajstić information content (AvgIpc) is 2.26. The number of carboxylic acid groups (broad SMARTS) is 1. The van der Waals surface area contributed by atoms with Crippen LogP contribution in [0.4, 0.5) is 0 Å². The van der Waals surface area contributed by atoms with Gasteiger partial charge in [0.2, 0.25) is 0 Å². The molecule has 0 atom stereocenters. The van der Waals surface area contributed by atoms with Gasteiger partial charge in [-0.15, -0.1) is 0 Å². The Morgan fingerprint density at radius 3 is 2.47 bits per heavy atom. The molecule has 0 aliphatic rings. The lowest BCUT2D eigenvalue weighted by Gasteiger charge is -2.03. The molecule has 0 saturated carbocycles. The summed E-state index contributed by atoms with van der Waals surface area (Å²) < 4.78 is 4.97. The van der Waals surface area contributed by atoms with E-state index in [9.17, 15) is 9.59 Å². The van der Waals surface area contributed by atoms with Crippen molar-refractivity contribution >= 4 is 11.9 Å². The van der Waals surface area contributed by atoms with Crippen molar-refractivity contribution < 1.29 is 19.4 Å². The molecular weight excluding hydrogens is 220 g/mol. The first-order valence-electron chi connectivity index (χ1n) is 6.15. The molecule has 0 rings (SSSR count). The second-order valence-electron chi connectivity index (χ2n) is 4.03. The van der Waals surface area contributed by atoms with Crippen LogP contribution < -0.4 is 0 Å². The van der Waals surface area contributed by atoms with Crippen molar-refractivity contribution in [2.75, 3.05) is 0 Å². The SMILES string of the molecule is CCCCCCC=C(C)OC(=O)CCC(=O)O. The van der Waals surface area contributed by atoms with Crippen LogP contribution in [0.1, 0.15) is 58.8 Å². The van der Waals surface area contributed by atoms with E-state index in [1.165, 1.54) is 19.3 Å². The first-order chi connectivity index (χ1) is 8.06. The molecule has 0 unspecified atom stereocenters. The fourth-order valence-electron chi connectivity index (χ4n) is 1.36. The molecular formula is C13H22O4. The quantitative estimate of drug-likeness (QED) is 0.383. The minimum absolute atomic E-state index is 0.0731. The van der Waals surface area contributed by atoms with E-state index in [4.69, 9.17) is 9.84 Å². The second-order valence-corrected chi connectivity index (χ2v) is 4.03. The van der Waals surface area contributed by atoms with Gasteiger partial charge in [-0.2, -0.15) is 0 Å². The van der Waals surface area contributed by atoms with Crippen molar-refractivity contribution in [1.29, 1.82) is 0 Å². The summed E-state index contributed by atoms with van der Waals surface area (Å²) in [5, 5.41) is 8.40. The summed E-state index contributed by atoms with van der Waals surface area (Å²) in [6.07, 6.45) is 7.24. The fourth-order valence-corrected chi connectivity index (χ4v) is 1.36. The van der Waals surface area contributed by atoms with Crippen LogP contribution in [0.25, 0.3) is 0 Å². The Bertz CT molecular complexity index is 269. The van der Waals surface area contributed by atoms with Crippen molar-refractivity contribution in [2.24, 2.45) is 0 Å². The number of ether oxygens (including phenoxy) is 1. The number of carboxylic acids is 1. The van der Waals surface area contributed by atoms with Gasteiger partial charge in [0.25, 0.3) is 0 Å². The minimum atomic E-state index is -0.983. The zero-order valence-corrected chi connectivity index (χ0v) is 10.7. The van der Waals surface area contributed by atoms with Crippen molar-refractivity contribution in [3.63, 3.8) is 0 Å². The van der Waals surface area contributed by atoms with Crippen LogP contribution in [0.3, 0.4) is 0 Å². The molecule has 0 aliphatic heterocycles. The van der Waals surface area contributed by atoms with E-state index < -0.39 is 11.9 Å². The topological polar surface area (TPSA) is 63.6 Å². The van der Waals surface area contributed by atoms with Gasteiger partial charge in [0, 0.05) is 0 Å². The van der Waals surface area contributed by atoms with E-state index in [-0.39, 0.29) is 12.8 Å². The molecule has 0 saturated heterocycles. The lowest BCUT2D eigenvalue weighted by Crippen LogP contribution is -2.06. The van der Waals surface area contributed by atoms with Crippen molar-refractivity contribution in [3.05, 3.63) is 11.8 Å². The summed E-state index contributed by atoms with van der Waals surface area (Å²) in [5.74, 6) is -0.894. The molecule has 0 heterocycles. The van der Waals surface area contributed by atoms with Crippen molar-refractivity contribution in [2.45, 2.75) is 58.8 Å². The Morgan fingerprint density at radius 2 is 1.88 bits per heavy atom. The molecule has 0 bridgehead atoms. The summed E-state index contributed by atoms with van der Waals surface area (Å²) >= 11 is 0. The van der Waals surface area contributed by atoms with Gasteiger partial charge in [-0.25, -0.2) is 0 Å². The van der Waals surface area contributed by atoms with Gasteiger partial charge >= 0.3 is 11.9 Å². The van der Waals surface area contributed by atoms with Crippen LogP contribution in [-0.2, 0) is 14.3 Å². The van der Waals surface area contributed by atoms with Crippen LogP contribution in [0.2, 0.25) is 0 Å². The number of hydrogen-bond donors (Lipinski definition) is 1. The fraction of sp³-hybridized carbons (Fsp3) is 0.692. The van der Waals surface area contributed by atoms with Gasteiger partial charge in [0.05, 0.1) is 12.8 Å². The number of aliphatic carboxylic acids is 1. The number of hydrogen-bond acceptors (Lipinski definition) is 3. The number of carbonyl (C=O) groups excluding carboxylic acids is 1. The molecule has 0 aromatic carbocycles. The van der Waals surface area contributed by atoms with E-state index in [1.54, 1.807) is 6.92 Å². The normalized spacial score (nSPS) is 11.3. The molecule has 0 amide bonds. The zero-order valence-electron chi connectivity index (χ0n) is 10.7. The van der Waals surface area contributed by atoms with Gasteiger partial charge in [-0.05, 0) is 25.8 Å². The van der Waals surface area contributed by atoms with Crippen molar-refractivity contribution in [1.82, 2.24) is 0 Å². The largest absolute Gasteiger partial charge is 0.481 e. The average molecular weight is 242 g/mol. The van der Waals surface area contributed by atoms with Gasteiger partial charge in [0.15, 0.2) is 0 Å². The Labute approximate surface area is 103 Å². The molecule has 98 valence electrons. The maximum atomic E-state index is 11.2. The molecule has 0 spiro atoms. The van der Waals surface area contributed by atoms with Crippen LogP contribution in [0.5, 0.6) is 0 Å². The Kier molecular flexibility index (Phi) is 9.11. The number of unbranched alkanes of at least 4 members (excludes halogenated alkanes) is 4. The van der Waals surface area contributed by atoms with E-state index >= 15 is 0 Å². The van der Waals surface area contributed by atoms with E-state index in [2.05, 4.69) is 6.92 Å². The van der Waals surface area contributed by atoms with Gasteiger partial charge in [0.1, 0.15) is 5.76 Å². The molecule has 1 N–H and O–H groups in total.